The Balaban J connectivity index is 2.06. The van der Waals surface area contributed by atoms with Crippen LogP contribution in [0.1, 0.15) is 10.4 Å². The maximum absolute atomic E-state index is 11.9. The van der Waals surface area contributed by atoms with E-state index >= 15 is 0 Å². The molecule has 1 N–H and O–H groups in total. The highest BCUT2D eigenvalue weighted by Crippen LogP contribution is 2.32. The van der Waals surface area contributed by atoms with E-state index < -0.39 is 0 Å². The number of nitrogens with one attached hydrogen (secondary N) is 1. The summed E-state index contributed by atoms with van der Waals surface area (Å²) >= 11 is 12.5. The van der Waals surface area contributed by atoms with Crippen LogP contribution in [-0.4, -0.2) is 18.8 Å². The lowest BCUT2D eigenvalue weighted by molar-refractivity contribution is -0.118. The molecule has 0 aliphatic rings. The summed E-state index contributed by atoms with van der Waals surface area (Å²) in [4.78, 5) is 23.0. The number of amides is 1. The second-order valence-corrected chi connectivity index (χ2v) is 6.42. The van der Waals surface area contributed by atoms with Crippen LogP contribution < -0.4 is 10.1 Å². The lowest BCUT2D eigenvalue weighted by atomic mass is 10.2. The molecule has 2 rings (SSSR count). The molecule has 4 nitrogen and oxygen atoms in total. The van der Waals surface area contributed by atoms with Crippen molar-refractivity contribution in [3.05, 3.63) is 55.9 Å². The summed E-state index contributed by atoms with van der Waals surface area (Å²) in [5.41, 5.74) is 0.843. The molecule has 114 valence electrons. The Morgan fingerprint density at radius 3 is 2.68 bits per heavy atom. The molecule has 0 aromatic heterocycles. The van der Waals surface area contributed by atoms with Gasteiger partial charge in [0.1, 0.15) is 5.75 Å². The maximum atomic E-state index is 11.9. The molecule has 0 aliphatic heterocycles. The first-order chi connectivity index (χ1) is 10.5. The topological polar surface area (TPSA) is 55.4 Å². The number of hydrogen-bond acceptors (Lipinski definition) is 3. The van der Waals surface area contributed by atoms with Gasteiger partial charge in [0.15, 0.2) is 12.9 Å². The van der Waals surface area contributed by atoms with Gasteiger partial charge in [0, 0.05) is 4.47 Å². The van der Waals surface area contributed by atoms with E-state index in [0.717, 1.165) is 4.47 Å². The van der Waals surface area contributed by atoms with Gasteiger partial charge in [-0.2, -0.15) is 0 Å². The van der Waals surface area contributed by atoms with Crippen LogP contribution in [0, 0.1) is 0 Å². The lowest BCUT2D eigenvalue weighted by Crippen LogP contribution is -2.20. The molecule has 1 amide bonds. The van der Waals surface area contributed by atoms with Crippen LogP contribution in [0.4, 0.5) is 5.69 Å². The van der Waals surface area contributed by atoms with Crippen molar-refractivity contribution in [2.24, 2.45) is 0 Å². The molecule has 2 aromatic rings. The zero-order chi connectivity index (χ0) is 16.1. The number of hydrogen-bond donors (Lipinski definition) is 1. The molecule has 0 bridgehead atoms. The molecule has 0 saturated carbocycles. The minimum Gasteiger partial charge on any atom is -0.482 e. The summed E-state index contributed by atoms with van der Waals surface area (Å²) in [5.74, 6) is -0.0627. The molecule has 0 radical (unpaired) electrons. The van der Waals surface area contributed by atoms with Crippen LogP contribution >= 0.6 is 43.5 Å². The van der Waals surface area contributed by atoms with Crippen molar-refractivity contribution in [3.8, 4) is 5.75 Å². The fraction of sp³-hybridized carbons (Fsp3) is 0.0667. The summed E-state index contributed by atoms with van der Waals surface area (Å²) in [6, 6.07) is 10.2. The fourth-order valence-corrected chi connectivity index (χ4v) is 3.26. The summed E-state index contributed by atoms with van der Waals surface area (Å²) < 4.78 is 6.74. The van der Waals surface area contributed by atoms with E-state index in [1.165, 1.54) is 0 Å². The van der Waals surface area contributed by atoms with Crippen molar-refractivity contribution in [1.82, 2.24) is 0 Å². The van der Waals surface area contributed by atoms with Crippen LogP contribution in [0.2, 0.25) is 5.02 Å². The van der Waals surface area contributed by atoms with E-state index in [9.17, 15) is 9.59 Å². The highest BCUT2D eigenvalue weighted by atomic mass is 79.9. The predicted molar refractivity (Wildman–Crippen MR) is 92.8 cm³/mol. The molecule has 0 atom stereocenters. The highest BCUT2D eigenvalue weighted by molar-refractivity contribution is 9.11. The van der Waals surface area contributed by atoms with E-state index in [-0.39, 0.29) is 12.5 Å². The SMILES string of the molecule is O=Cc1cc(Br)cc(Br)c1OCC(=O)Nc1ccccc1Cl. The Bertz CT molecular complexity index is 722. The molecule has 0 spiro atoms. The standard InChI is InChI=1S/C15H10Br2ClNO3/c16-10-5-9(7-20)15(11(17)6-10)22-8-14(21)19-13-4-2-1-3-12(13)18/h1-7H,8H2,(H,19,21). The Morgan fingerprint density at radius 1 is 1.27 bits per heavy atom. The van der Waals surface area contributed by atoms with E-state index in [0.29, 0.717) is 32.8 Å². The van der Waals surface area contributed by atoms with Crippen LogP contribution in [0.3, 0.4) is 0 Å². The molecule has 7 heteroatoms. The smallest absolute Gasteiger partial charge is 0.262 e. The largest absolute Gasteiger partial charge is 0.482 e. The predicted octanol–water partition coefficient (Wildman–Crippen LogP) is 4.70. The second-order valence-electron chi connectivity index (χ2n) is 4.24. The monoisotopic (exact) mass is 445 g/mol. The quantitative estimate of drug-likeness (QED) is 0.677. The first kappa shape index (κ1) is 17.0. The minimum absolute atomic E-state index is 0.244. The van der Waals surface area contributed by atoms with E-state index in [1.54, 1.807) is 36.4 Å². The first-order valence-electron chi connectivity index (χ1n) is 6.12. The molecule has 0 fully saturated rings. The van der Waals surface area contributed by atoms with E-state index in [1.807, 2.05) is 0 Å². The molecule has 0 saturated heterocycles. The van der Waals surface area contributed by atoms with Crippen molar-refractivity contribution in [3.63, 3.8) is 0 Å². The van der Waals surface area contributed by atoms with Gasteiger partial charge in [0.25, 0.3) is 5.91 Å². The summed E-state index contributed by atoms with van der Waals surface area (Å²) in [6.45, 7) is -0.244. The van der Waals surface area contributed by atoms with Crippen LogP contribution in [0.5, 0.6) is 5.75 Å². The summed E-state index contributed by atoms with van der Waals surface area (Å²) in [7, 11) is 0. The molecule has 0 unspecified atom stereocenters. The van der Waals surface area contributed by atoms with Crippen molar-refractivity contribution in [2.75, 3.05) is 11.9 Å². The zero-order valence-corrected chi connectivity index (χ0v) is 15.0. The number of benzene rings is 2. The molecular formula is C15H10Br2ClNO3. The van der Waals surface area contributed by atoms with Gasteiger partial charge in [0.05, 0.1) is 20.7 Å². The number of halogens is 3. The maximum Gasteiger partial charge on any atom is 0.262 e. The summed E-state index contributed by atoms with van der Waals surface area (Å²) in [5, 5.41) is 3.08. The van der Waals surface area contributed by atoms with Gasteiger partial charge in [-0.25, -0.2) is 0 Å². The first-order valence-corrected chi connectivity index (χ1v) is 8.09. The third kappa shape index (κ3) is 4.32. The van der Waals surface area contributed by atoms with Gasteiger partial charge >= 0.3 is 0 Å². The fourth-order valence-electron chi connectivity index (χ4n) is 1.71. The molecule has 2 aromatic carbocycles. The average Bonchev–Trinajstić information content (AvgIpc) is 2.48. The van der Waals surface area contributed by atoms with Crippen molar-refractivity contribution >= 4 is 61.3 Å². The van der Waals surface area contributed by atoms with Gasteiger partial charge in [-0.3, -0.25) is 9.59 Å². The van der Waals surface area contributed by atoms with Gasteiger partial charge in [-0.15, -0.1) is 0 Å². The number of rotatable bonds is 5. The number of carbonyl (C=O) groups is 2. The molecular weight excluding hydrogens is 437 g/mol. The van der Waals surface area contributed by atoms with Crippen LogP contribution in [0.15, 0.2) is 45.3 Å². The van der Waals surface area contributed by atoms with Crippen LogP contribution in [0.25, 0.3) is 0 Å². The Morgan fingerprint density at radius 2 is 2.00 bits per heavy atom. The number of aldehydes is 1. The Hall–Kier alpha value is -1.37. The average molecular weight is 448 g/mol. The normalized spacial score (nSPS) is 10.1. The van der Waals surface area contributed by atoms with Gasteiger partial charge in [-0.05, 0) is 40.2 Å². The number of carbonyl (C=O) groups excluding carboxylic acids is 2. The number of ether oxygens (including phenoxy) is 1. The Kier molecular flexibility index (Phi) is 5.99. The molecule has 22 heavy (non-hydrogen) atoms. The van der Waals surface area contributed by atoms with Crippen LogP contribution in [-0.2, 0) is 4.79 Å². The third-order valence-electron chi connectivity index (χ3n) is 2.66. The van der Waals surface area contributed by atoms with Crippen molar-refractivity contribution in [1.29, 1.82) is 0 Å². The van der Waals surface area contributed by atoms with Gasteiger partial charge in [0.2, 0.25) is 0 Å². The highest BCUT2D eigenvalue weighted by Gasteiger charge is 2.12. The zero-order valence-electron chi connectivity index (χ0n) is 11.1. The lowest BCUT2D eigenvalue weighted by Gasteiger charge is -2.12. The molecule has 0 heterocycles. The number of para-hydroxylation sites is 1. The van der Waals surface area contributed by atoms with Crippen molar-refractivity contribution < 1.29 is 14.3 Å². The summed E-state index contributed by atoms with van der Waals surface area (Å²) in [6.07, 6.45) is 0.664. The van der Waals surface area contributed by atoms with E-state index in [2.05, 4.69) is 37.2 Å². The van der Waals surface area contributed by atoms with Gasteiger partial charge in [-0.1, -0.05) is 39.7 Å². The second kappa shape index (κ2) is 7.76. The van der Waals surface area contributed by atoms with E-state index in [4.69, 9.17) is 16.3 Å². The third-order valence-corrected chi connectivity index (χ3v) is 4.04. The molecule has 0 aliphatic carbocycles. The Labute approximate surface area is 149 Å². The van der Waals surface area contributed by atoms with Crippen molar-refractivity contribution in [2.45, 2.75) is 0 Å². The minimum atomic E-state index is -0.375. The van der Waals surface area contributed by atoms with Gasteiger partial charge < -0.3 is 10.1 Å². The number of anilines is 1.